The predicted octanol–water partition coefficient (Wildman–Crippen LogP) is 4.62. The molecule has 2 aliphatic heterocycles. The van der Waals surface area contributed by atoms with Crippen LogP contribution >= 0.6 is 0 Å². The topological polar surface area (TPSA) is 111 Å². The van der Waals surface area contributed by atoms with E-state index in [9.17, 15) is 32.7 Å². The number of carboxylic acid groups (broad SMARTS) is 1. The number of alkyl halides is 3. The molecule has 228 valence electrons. The van der Waals surface area contributed by atoms with Gasteiger partial charge in [0.25, 0.3) is 0 Å². The van der Waals surface area contributed by atoms with E-state index < -0.39 is 63.8 Å². The second-order valence-electron chi connectivity index (χ2n) is 12.0. The molecule has 1 saturated heterocycles. The Morgan fingerprint density at radius 1 is 1.14 bits per heavy atom. The number of benzene rings is 2. The van der Waals surface area contributed by atoms with Crippen LogP contribution in [0.2, 0.25) is 0 Å². The number of fused-ring (bicyclic) bond motifs is 1. The maximum atomic E-state index is 14.6. The molecule has 1 amide bonds. The maximum absolute atomic E-state index is 14.6. The number of ether oxygens (including phenoxy) is 3. The summed E-state index contributed by atoms with van der Waals surface area (Å²) in [5, 5.41) is 14.1. The fraction of sp³-hybridized carbons (Fsp3) is 0.500. The number of piperidine rings is 1. The molecular formula is C30H36F3N2O7+. The summed E-state index contributed by atoms with van der Waals surface area (Å²) in [6.45, 7) is 6.38. The number of para-hydroxylation sites is 1. The standard InChI is InChI=1S/C30H35F3N2O7/c1-18(36)22-15-34-13-12-29(22,27(38)39)35(17-28(2,3)4)23-11-10-19(42-30(31,32)33)14-21(23)26(41-16-25(35)37)20-8-6-7-9-24(20)40-5/h6-11,14,22,26,34H,12-13,15-17H2,1-5H3/p+1/t22-,26?,29+,35+/m1/s1. The number of hydrogen-bond acceptors (Lipinski definition) is 7. The van der Waals surface area contributed by atoms with E-state index in [4.69, 9.17) is 9.47 Å². The van der Waals surface area contributed by atoms with Crippen LogP contribution in [0.1, 0.15) is 51.3 Å². The molecule has 2 heterocycles. The number of carboxylic acids is 1. The monoisotopic (exact) mass is 593 g/mol. The van der Waals surface area contributed by atoms with Crippen molar-refractivity contribution >= 4 is 23.3 Å². The molecule has 2 aromatic rings. The normalized spacial score (nSPS) is 26.6. The molecule has 0 bridgehead atoms. The van der Waals surface area contributed by atoms with Crippen LogP contribution < -0.4 is 19.3 Å². The van der Waals surface area contributed by atoms with Gasteiger partial charge in [0.05, 0.1) is 25.1 Å². The van der Waals surface area contributed by atoms with E-state index in [0.29, 0.717) is 11.3 Å². The first kappa shape index (κ1) is 31.5. The lowest BCUT2D eigenvalue weighted by Crippen LogP contribution is -2.80. The van der Waals surface area contributed by atoms with Crippen molar-refractivity contribution in [3.8, 4) is 11.5 Å². The Morgan fingerprint density at radius 3 is 2.43 bits per heavy atom. The van der Waals surface area contributed by atoms with Crippen molar-refractivity contribution in [2.75, 3.05) is 33.4 Å². The number of quaternary nitrogens is 1. The van der Waals surface area contributed by atoms with E-state index in [0.717, 1.165) is 12.1 Å². The van der Waals surface area contributed by atoms with Gasteiger partial charge in [-0.2, -0.15) is 0 Å². The highest BCUT2D eigenvalue weighted by Crippen LogP contribution is 2.52. The molecule has 0 aliphatic carbocycles. The van der Waals surface area contributed by atoms with Crippen molar-refractivity contribution in [3.05, 3.63) is 53.6 Å². The molecule has 1 unspecified atom stereocenters. The Kier molecular flexibility index (Phi) is 8.47. The number of Topliss-reactive ketones (excluding diaryl/α,β-unsaturated/α-hetero) is 1. The first-order valence-corrected chi connectivity index (χ1v) is 13.6. The summed E-state index contributed by atoms with van der Waals surface area (Å²) in [7, 11) is 1.43. The van der Waals surface area contributed by atoms with Crippen molar-refractivity contribution in [2.24, 2.45) is 11.3 Å². The molecule has 2 aromatic carbocycles. The number of carbonyl (C=O) groups is 3. The summed E-state index contributed by atoms with van der Waals surface area (Å²) in [5.74, 6) is -3.73. The van der Waals surface area contributed by atoms with E-state index in [1.165, 1.54) is 20.1 Å². The van der Waals surface area contributed by atoms with Gasteiger partial charge < -0.3 is 24.6 Å². The van der Waals surface area contributed by atoms with Crippen LogP contribution in [0.3, 0.4) is 0 Å². The third kappa shape index (κ3) is 5.50. The van der Waals surface area contributed by atoms with Crippen LogP contribution in [0.25, 0.3) is 0 Å². The summed E-state index contributed by atoms with van der Waals surface area (Å²) < 4.78 is 55.2. The molecule has 12 heteroatoms. The Bertz CT molecular complexity index is 1370. The van der Waals surface area contributed by atoms with Gasteiger partial charge in [-0.3, -0.25) is 4.79 Å². The Morgan fingerprint density at radius 2 is 1.83 bits per heavy atom. The molecule has 0 radical (unpaired) electrons. The Hall–Kier alpha value is -3.48. The van der Waals surface area contributed by atoms with Crippen LogP contribution in [0, 0.1) is 11.3 Å². The minimum absolute atomic E-state index is 0.0143. The number of halogens is 3. The zero-order valence-corrected chi connectivity index (χ0v) is 24.2. The van der Waals surface area contributed by atoms with Gasteiger partial charge in [-0.05, 0) is 25.1 Å². The van der Waals surface area contributed by atoms with Crippen molar-refractivity contribution in [1.82, 2.24) is 9.80 Å². The van der Waals surface area contributed by atoms with Gasteiger partial charge in [-0.15, -0.1) is 13.2 Å². The van der Waals surface area contributed by atoms with Crippen LogP contribution in [0.15, 0.2) is 42.5 Å². The van der Waals surface area contributed by atoms with Gasteiger partial charge in [-0.25, -0.2) is 14.1 Å². The van der Waals surface area contributed by atoms with E-state index in [-0.39, 0.29) is 37.3 Å². The van der Waals surface area contributed by atoms with E-state index in [2.05, 4.69) is 10.1 Å². The highest BCUT2D eigenvalue weighted by atomic mass is 19.4. The molecule has 0 aromatic heterocycles. The quantitative estimate of drug-likeness (QED) is 0.448. The van der Waals surface area contributed by atoms with Crippen molar-refractivity contribution in [3.63, 3.8) is 0 Å². The molecule has 1 fully saturated rings. The second-order valence-corrected chi connectivity index (χ2v) is 12.0. The molecular weight excluding hydrogens is 557 g/mol. The van der Waals surface area contributed by atoms with Gasteiger partial charge >= 0.3 is 18.2 Å². The number of methoxy groups -OCH3 is 1. The Labute approximate surface area is 242 Å². The number of rotatable bonds is 7. The summed E-state index contributed by atoms with van der Waals surface area (Å²) in [6.07, 6.45) is -6.22. The van der Waals surface area contributed by atoms with Crippen molar-refractivity contribution < 1.29 is 46.9 Å². The molecule has 2 N–H and O–H groups in total. The molecule has 42 heavy (non-hydrogen) atoms. The fourth-order valence-corrected chi connectivity index (χ4v) is 6.60. The van der Waals surface area contributed by atoms with Crippen LogP contribution in [-0.4, -0.2) is 68.0 Å². The van der Waals surface area contributed by atoms with Gasteiger partial charge in [0.15, 0.2) is 6.61 Å². The average molecular weight is 594 g/mol. The van der Waals surface area contributed by atoms with Gasteiger partial charge in [0, 0.05) is 36.6 Å². The van der Waals surface area contributed by atoms with Crippen LogP contribution in [-0.2, 0) is 19.1 Å². The number of ketones is 1. The first-order valence-electron chi connectivity index (χ1n) is 13.6. The van der Waals surface area contributed by atoms with Gasteiger partial charge in [-0.1, -0.05) is 39.0 Å². The average Bonchev–Trinajstić information content (AvgIpc) is 3.01. The van der Waals surface area contributed by atoms with Crippen molar-refractivity contribution in [2.45, 2.75) is 52.1 Å². The first-order chi connectivity index (χ1) is 19.6. The lowest BCUT2D eigenvalue weighted by molar-refractivity contribution is -0.274. The fourth-order valence-electron chi connectivity index (χ4n) is 6.60. The number of nitrogens with one attached hydrogen (secondary N) is 1. The SMILES string of the molecule is COc1ccccc1C1OCC(=O)[N@@+](CC(C)(C)C)([C@@]2(C(=O)O)CCNC[C@@H]2C(C)=O)c2ccc(OC(F)(F)F)cc21. The Balaban J connectivity index is 2.16. The number of nitrogens with zero attached hydrogens (tertiary/aromatic N) is 1. The third-order valence-electron chi connectivity index (χ3n) is 8.01. The molecule has 4 rings (SSSR count). The maximum Gasteiger partial charge on any atom is 0.573 e. The summed E-state index contributed by atoms with van der Waals surface area (Å²) in [4.78, 5) is 41.3. The van der Waals surface area contributed by atoms with Crippen LogP contribution in [0.5, 0.6) is 11.5 Å². The lowest BCUT2D eigenvalue weighted by atomic mass is 9.70. The number of carbonyl (C=O) groups excluding carboxylic acids is 2. The number of amides is 1. The third-order valence-corrected chi connectivity index (χ3v) is 8.01. The van der Waals surface area contributed by atoms with E-state index in [1.807, 2.05) is 20.8 Å². The highest BCUT2D eigenvalue weighted by Gasteiger charge is 2.70. The zero-order chi connectivity index (χ0) is 31.1. The molecule has 4 atom stereocenters. The molecule has 0 saturated carbocycles. The molecule has 9 nitrogen and oxygen atoms in total. The van der Waals surface area contributed by atoms with E-state index >= 15 is 0 Å². The largest absolute Gasteiger partial charge is 0.573 e. The second kappa shape index (κ2) is 11.3. The lowest BCUT2D eigenvalue weighted by Gasteiger charge is -2.54. The van der Waals surface area contributed by atoms with E-state index in [1.54, 1.807) is 24.3 Å². The van der Waals surface area contributed by atoms with Crippen molar-refractivity contribution in [1.29, 1.82) is 0 Å². The summed E-state index contributed by atoms with van der Waals surface area (Å²) >= 11 is 0. The minimum atomic E-state index is -5.01. The van der Waals surface area contributed by atoms with Gasteiger partial charge in [0.1, 0.15) is 29.1 Å². The molecule has 2 aliphatic rings. The summed E-state index contributed by atoms with van der Waals surface area (Å²) in [6, 6.07) is 10.2. The zero-order valence-electron chi connectivity index (χ0n) is 24.2. The highest BCUT2D eigenvalue weighted by molar-refractivity contribution is 6.02. The number of hydrogen-bond donors (Lipinski definition) is 2. The van der Waals surface area contributed by atoms with Crippen LogP contribution in [0.4, 0.5) is 18.9 Å². The van der Waals surface area contributed by atoms with Gasteiger partial charge in [0.2, 0.25) is 5.54 Å². The smallest absolute Gasteiger partial charge is 0.496 e. The minimum Gasteiger partial charge on any atom is -0.496 e. The predicted molar refractivity (Wildman–Crippen MR) is 147 cm³/mol. The number of aliphatic carboxylic acids is 1. The summed E-state index contributed by atoms with van der Waals surface area (Å²) in [5.41, 5.74) is -2.01. The molecule has 0 spiro atoms.